The third-order valence-electron chi connectivity index (χ3n) is 3.94. The maximum absolute atomic E-state index is 12.2. The first kappa shape index (κ1) is 20.9. The molecule has 27 heavy (non-hydrogen) atoms. The summed E-state index contributed by atoms with van der Waals surface area (Å²) in [6, 6.07) is 10.9. The van der Waals surface area contributed by atoms with Crippen LogP contribution in [-0.2, 0) is 19.4 Å². The summed E-state index contributed by atoms with van der Waals surface area (Å²) in [5.74, 6) is -1.26. The Kier molecular flexibility index (Phi) is 6.62. The number of ether oxygens (including phenoxy) is 1. The minimum atomic E-state index is -3.46. The molecule has 0 aliphatic heterocycles. The van der Waals surface area contributed by atoms with Crippen LogP contribution < -0.4 is 5.32 Å². The molecule has 8 heteroatoms. The lowest BCUT2D eigenvalue weighted by atomic mass is 10.1. The van der Waals surface area contributed by atoms with Crippen LogP contribution in [0.15, 0.2) is 47.4 Å². The number of carbonyl (C=O) groups is 2. The molecule has 144 valence electrons. The molecule has 0 heterocycles. The molecule has 1 amide bonds. The van der Waals surface area contributed by atoms with Gasteiger partial charge in [-0.15, -0.1) is 0 Å². The second-order valence-electron chi connectivity index (χ2n) is 6.14. The van der Waals surface area contributed by atoms with E-state index < -0.39 is 28.3 Å². The van der Waals surface area contributed by atoms with E-state index in [1.54, 1.807) is 38.1 Å². The van der Waals surface area contributed by atoms with E-state index in [-0.39, 0.29) is 16.5 Å². The first-order chi connectivity index (χ1) is 12.6. The van der Waals surface area contributed by atoms with E-state index in [4.69, 9.17) is 16.3 Å². The van der Waals surface area contributed by atoms with Gasteiger partial charge in [0, 0.05) is 11.3 Å². The molecular formula is C19H20ClNO5S. The van der Waals surface area contributed by atoms with Gasteiger partial charge in [0.1, 0.15) is 0 Å². The molecule has 2 rings (SSSR count). The average Bonchev–Trinajstić information content (AvgIpc) is 2.59. The largest absolute Gasteiger partial charge is 0.452 e. The number of aryl methyl sites for hydroxylation is 1. The van der Waals surface area contributed by atoms with Crippen molar-refractivity contribution in [1.82, 2.24) is 5.32 Å². The number of halogens is 1. The second kappa shape index (κ2) is 8.54. The zero-order valence-electron chi connectivity index (χ0n) is 15.2. The minimum Gasteiger partial charge on any atom is -0.452 e. The molecule has 0 spiro atoms. The molecule has 0 aliphatic carbocycles. The molecule has 1 atom stereocenters. The fourth-order valence-corrected chi connectivity index (χ4v) is 3.39. The number of hydrogen-bond acceptors (Lipinski definition) is 5. The monoisotopic (exact) mass is 409 g/mol. The summed E-state index contributed by atoms with van der Waals surface area (Å²) in [7, 11) is -3.46. The average molecular weight is 410 g/mol. The van der Waals surface area contributed by atoms with E-state index in [0.717, 1.165) is 11.8 Å². The lowest BCUT2D eigenvalue weighted by molar-refractivity contribution is -0.124. The summed E-state index contributed by atoms with van der Waals surface area (Å²) < 4.78 is 28.3. The van der Waals surface area contributed by atoms with Gasteiger partial charge in [0.15, 0.2) is 16.4 Å². The molecule has 6 nitrogen and oxygen atoms in total. The van der Waals surface area contributed by atoms with E-state index in [9.17, 15) is 18.0 Å². The molecule has 0 saturated heterocycles. The van der Waals surface area contributed by atoms with Gasteiger partial charge in [-0.3, -0.25) is 4.79 Å². The quantitative estimate of drug-likeness (QED) is 0.740. The van der Waals surface area contributed by atoms with Gasteiger partial charge >= 0.3 is 5.97 Å². The Morgan fingerprint density at radius 2 is 1.85 bits per heavy atom. The van der Waals surface area contributed by atoms with Gasteiger partial charge in [-0.2, -0.15) is 0 Å². The number of sulfone groups is 1. The Morgan fingerprint density at radius 1 is 1.19 bits per heavy atom. The summed E-state index contributed by atoms with van der Waals surface area (Å²) in [5, 5.41) is 3.22. The zero-order valence-corrected chi connectivity index (χ0v) is 16.7. The number of amides is 1. The SMILES string of the molecule is Cc1ccc(S(C)(=O)=O)cc1C(=O)OCC(=O)N[C@H](C)c1ccccc1Cl. The van der Waals surface area contributed by atoms with Gasteiger partial charge in [0.25, 0.3) is 5.91 Å². The van der Waals surface area contributed by atoms with Crippen LogP contribution in [0.25, 0.3) is 0 Å². The third kappa shape index (κ3) is 5.55. The summed E-state index contributed by atoms with van der Waals surface area (Å²) >= 11 is 6.09. The van der Waals surface area contributed by atoms with Crippen molar-refractivity contribution in [1.29, 1.82) is 0 Å². The van der Waals surface area contributed by atoms with Crippen molar-refractivity contribution >= 4 is 33.3 Å². The van der Waals surface area contributed by atoms with Crippen LogP contribution in [0.5, 0.6) is 0 Å². The minimum absolute atomic E-state index is 0.0110. The fraction of sp³-hybridized carbons (Fsp3) is 0.263. The molecule has 0 aromatic heterocycles. The highest BCUT2D eigenvalue weighted by Crippen LogP contribution is 2.22. The van der Waals surface area contributed by atoms with Crippen molar-refractivity contribution < 1.29 is 22.7 Å². The van der Waals surface area contributed by atoms with Crippen molar-refractivity contribution in [3.8, 4) is 0 Å². The van der Waals surface area contributed by atoms with E-state index in [1.165, 1.54) is 18.2 Å². The molecule has 1 N–H and O–H groups in total. The van der Waals surface area contributed by atoms with Crippen LogP contribution in [0.3, 0.4) is 0 Å². The van der Waals surface area contributed by atoms with Crippen LogP contribution in [0.1, 0.15) is 34.5 Å². The van der Waals surface area contributed by atoms with Crippen molar-refractivity contribution in [2.75, 3.05) is 12.9 Å². The van der Waals surface area contributed by atoms with E-state index in [0.29, 0.717) is 10.6 Å². The number of esters is 1. The molecule has 0 aliphatic rings. The van der Waals surface area contributed by atoms with Gasteiger partial charge in [0.05, 0.1) is 16.5 Å². The Hall–Kier alpha value is -2.38. The van der Waals surface area contributed by atoms with Crippen molar-refractivity contribution in [2.45, 2.75) is 24.8 Å². The van der Waals surface area contributed by atoms with Crippen LogP contribution >= 0.6 is 11.6 Å². The Balaban J connectivity index is 2.01. The number of rotatable bonds is 6. The van der Waals surface area contributed by atoms with Gasteiger partial charge < -0.3 is 10.1 Å². The van der Waals surface area contributed by atoms with Gasteiger partial charge in [-0.25, -0.2) is 13.2 Å². The van der Waals surface area contributed by atoms with E-state index in [2.05, 4.69) is 5.32 Å². The van der Waals surface area contributed by atoms with Gasteiger partial charge in [-0.1, -0.05) is 35.9 Å². The molecule has 0 bridgehead atoms. The predicted molar refractivity (Wildman–Crippen MR) is 103 cm³/mol. The van der Waals surface area contributed by atoms with Crippen molar-refractivity contribution in [3.63, 3.8) is 0 Å². The first-order valence-corrected chi connectivity index (χ1v) is 10.4. The van der Waals surface area contributed by atoms with Crippen LogP contribution in [0.2, 0.25) is 5.02 Å². The lowest BCUT2D eigenvalue weighted by Crippen LogP contribution is -2.31. The summed E-state index contributed by atoms with van der Waals surface area (Å²) in [4.78, 5) is 24.3. The maximum Gasteiger partial charge on any atom is 0.338 e. The zero-order chi connectivity index (χ0) is 20.2. The molecule has 0 saturated carbocycles. The highest BCUT2D eigenvalue weighted by Gasteiger charge is 2.18. The first-order valence-electron chi connectivity index (χ1n) is 8.11. The third-order valence-corrected chi connectivity index (χ3v) is 5.40. The van der Waals surface area contributed by atoms with E-state index in [1.807, 2.05) is 0 Å². The maximum atomic E-state index is 12.2. The van der Waals surface area contributed by atoms with Crippen molar-refractivity contribution in [3.05, 3.63) is 64.2 Å². The molecular weight excluding hydrogens is 390 g/mol. The smallest absolute Gasteiger partial charge is 0.338 e. The van der Waals surface area contributed by atoms with Crippen LogP contribution in [0, 0.1) is 6.92 Å². The highest BCUT2D eigenvalue weighted by molar-refractivity contribution is 7.90. The molecule has 2 aromatic rings. The standard InChI is InChI=1S/C19H20ClNO5S/c1-12-8-9-14(27(3,24)25)10-16(12)19(23)26-11-18(22)21-13(2)15-6-4-5-7-17(15)20/h4-10,13H,11H2,1-3H3,(H,21,22)/t13-/m1/s1. The molecule has 0 fully saturated rings. The summed E-state index contributed by atoms with van der Waals surface area (Å²) in [6.07, 6.45) is 1.05. The van der Waals surface area contributed by atoms with Crippen LogP contribution in [0.4, 0.5) is 0 Å². The van der Waals surface area contributed by atoms with Crippen LogP contribution in [-0.4, -0.2) is 33.2 Å². The number of hydrogen-bond donors (Lipinski definition) is 1. The molecule has 0 radical (unpaired) electrons. The van der Waals surface area contributed by atoms with Gasteiger partial charge in [0.2, 0.25) is 0 Å². The predicted octanol–water partition coefficient (Wildman–Crippen LogP) is 3.09. The molecule has 2 aromatic carbocycles. The topological polar surface area (TPSA) is 89.5 Å². The summed E-state index contributed by atoms with van der Waals surface area (Å²) in [5.41, 5.74) is 1.40. The number of benzene rings is 2. The van der Waals surface area contributed by atoms with E-state index >= 15 is 0 Å². The Bertz CT molecular complexity index is 972. The second-order valence-corrected chi connectivity index (χ2v) is 8.56. The highest BCUT2D eigenvalue weighted by atomic mass is 35.5. The van der Waals surface area contributed by atoms with Gasteiger partial charge in [-0.05, 0) is 43.2 Å². The fourth-order valence-electron chi connectivity index (χ4n) is 2.45. The molecule has 0 unspecified atom stereocenters. The number of nitrogens with one attached hydrogen (secondary N) is 1. The number of carbonyl (C=O) groups excluding carboxylic acids is 2. The Morgan fingerprint density at radius 3 is 2.48 bits per heavy atom. The normalized spacial score (nSPS) is 12.3. The van der Waals surface area contributed by atoms with Crippen molar-refractivity contribution in [2.24, 2.45) is 0 Å². The summed E-state index contributed by atoms with van der Waals surface area (Å²) in [6.45, 7) is 2.93. The Labute approximate surface area is 163 Å². The lowest BCUT2D eigenvalue weighted by Gasteiger charge is -2.16.